The summed E-state index contributed by atoms with van der Waals surface area (Å²) in [5.41, 5.74) is 2.23. The summed E-state index contributed by atoms with van der Waals surface area (Å²) in [5.74, 6) is 2.96. The smallest absolute Gasteiger partial charge is 0.339 e. The monoisotopic (exact) mass is 375 g/mol. The lowest BCUT2D eigenvalue weighted by molar-refractivity contribution is 0.0720. The Balaban J connectivity index is 1.53. The number of fused-ring (bicyclic) bond motifs is 3. The first-order valence-corrected chi connectivity index (χ1v) is 10.6. The van der Waals surface area contributed by atoms with Crippen molar-refractivity contribution in [3.63, 3.8) is 0 Å². The molecular formula is C20H25NO4S. The normalized spacial score (nSPS) is 19.3. The lowest BCUT2D eigenvalue weighted by Crippen LogP contribution is -2.40. The highest BCUT2D eigenvalue weighted by atomic mass is 32.2. The molecule has 0 radical (unpaired) electrons. The van der Waals surface area contributed by atoms with Crippen LogP contribution >= 0.6 is 11.8 Å². The van der Waals surface area contributed by atoms with Gasteiger partial charge in [0.2, 0.25) is 0 Å². The minimum atomic E-state index is -0.528. The number of ether oxygens (including phenoxy) is 1. The molecule has 0 saturated carbocycles. The number of rotatable bonds is 5. The highest BCUT2D eigenvalue weighted by Gasteiger charge is 2.21. The second-order valence-corrected chi connectivity index (χ2v) is 8.29. The van der Waals surface area contributed by atoms with Gasteiger partial charge in [-0.25, -0.2) is 4.79 Å². The van der Waals surface area contributed by atoms with Gasteiger partial charge in [-0.1, -0.05) is 6.07 Å². The van der Waals surface area contributed by atoms with Gasteiger partial charge in [0.1, 0.15) is 24.0 Å². The molecule has 1 unspecified atom stereocenters. The number of aliphatic hydroxyl groups is 1. The largest absolute Gasteiger partial charge is 0.490 e. The number of β-amino-alcohol motifs (C(OH)–C–C–N with tert-alkyl or cyclic N) is 1. The van der Waals surface area contributed by atoms with Gasteiger partial charge in [-0.2, -0.15) is 11.8 Å². The van der Waals surface area contributed by atoms with E-state index < -0.39 is 6.10 Å². The fraction of sp³-hybridized carbons (Fsp3) is 0.550. The van der Waals surface area contributed by atoms with Gasteiger partial charge >= 0.3 is 5.63 Å². The van der Waals surface area contributed by atoms with Crippen molar-refractivity contribution in [3.8, 4) is 5.75 Å². The van der Waals surface area contributed by atoms with Crippen molar-refractivity contribution in [3.05, 3.63) is 39.7 Å². The maximum absolute atomic E-state index is 12.2. The Labute approximate surface area is 157 Å². The van der Waals surface area contributed by atoms with E-state index in [1.54, 1.807) is 0 Å². The van der Waals surface area contributed by atoms with Crippen molar-refractivity contribution in [2.24, 2.45) is 0 Å². The Morgan fingerprint density at radius 1 is 1.19 bits per heavy atom. The molecule has 0 spiro atoms. The molecular weight excluding hydrogens is 350 g/mol. The molecule has 1 aromatic carbocycles. The van der Waals surface area contributed by atoms with E-state index in [4.69, 9.17) is 9.15 Å². The number of hydrogen-bond acceptors (Lipinski definition) is 6. The summed E-state index contributed by atoms with van der Waals surface area (Å²) in [5, 5.41) is 11.3. The van der Waals surface area contributed by atoms with Gasteiger partial charge in [0, 0.05) is 36.7 Å². The molecule has 1 aliphatic heterocycles. The van der Waals surface area contributed by atoms with Crippen LogP contribution in [-0.2, 0) is 12.8 Å². The average molecular weight is 375 g/mol. The van der Waals surface area contributed by atoms with E-state index in [2.05, 4.69) is 4.90 Å². The first kappa shape index (κ1) is 17.9. The van der Waals surface area contributed by atoms with Gasteiger partial charge in [0.15, 0.2) is 0 Å². The third-order valence-electron chi connectivity index (χ3n) is 5.21. The topological polar surface area (TPSA) is 62.9 Å². The molecule has 0 bridgehead atoms. The highest BCUT2D eigenvalue weighted by Crippen LogP contribution is 2.33. The first-order valence-electron chi connectivity index (χ1n) is 9.41. The third-order valence-corrected chi connectivity index (χ3v) is 6.15. The zero-order valence-corrected chi connectivity index (χ0v) is 15.7. The van der Waals surface area contributed by atoms with Gasteiger partial charge in [-0.15, -0.1) is 0 Å². The average Bonchev–Trinajstić information content (AvgIpc) is 2.67. The number of hydrogen-bond donors (Lipinski definition) is 1. The SMILES string of the molecule is O=c1oc2cccc(OCC(O)CN3CCSCC3)c2c2c1CCCC2. The lowest BCUT2D eigenvalue weighted by Gasteiger charge is -2.28. The molecule has 6 heteroatoms. The van der Waals surface area contributed by atoms with Crippen LogP contribution in [0.25, 0.3) is 11.0 Å². The number of nitrogens with zero attached hydrogens (tertiary/aromatic N) is 1. The summed E-state index contributed by atoms with van der Waals surface area (Å²) in [7, 11) is 0. The summed E-state index contributed by atoms with van der Waals surface area (Å²) >= 11 is 1.96. The van der Waals surface area contributed by atoms with Crippen LogP contribution in [0.4, 0.5) is 0 Å². The maximum atomic E-state index is 12.2. The van der Waals surface area contributed by atoms with Crippen molar-refractivity contribution in [2.45, 2.75) is 31.8 Å². The van der Waals surface area contributed by atoms with E-state index in [0.29, 0.717) is 17.9 Å². The van der Waals surface area contributed by atoms with Crippen molar-refractivity contribution < 1.29 is 14.3 Å². The van der Waals surface area contributed by atoms with E-state index >= 15 is 0 Å². The summed E-state index contributed by atoms with van der Waals surface area (Å²) < 4.78 is 11.5. The molecule has 2 aromatic rings. The van der Waals surface area contributed by atoms with Gasteiger partial charge in [0.05, 0.1) is 5.39 Å². The Morgan fingerprint density at radius 2 is 1.96 bits per heavy atom. The van der Waals surface area contributed by atoms with Crippen LogP contribution in [0, 0.1) is 0 Å². The van der Waals surface area contributed by atoms with Crippen LogP contribution in [0.3, 0.4) is 0 Å². The number of aryl methyl sites for hydroxylation is 1. The quantitative estimate of drug-likeness (QED) is 0.810. The predicted molar refractivity (Wildman–Crippen MR) is 104 cm³/mol. The Kier molecular flexibility index (Phi) is 5.52. The molecule has 1 aliphatic carbocycles. The molecule has 0 amide bonds. The molecule has 1 saturated heterocycles. The van der Waals surface area contributed by atoms with E-state index in [1.165, 1.54) is 0 Å². The van der Waals surface area contributed by atoms with Gasteiger partial charge in [0.25, 0.3) is 0 Å². The molecule has 1 N–H and O–H groups in total. The van der Waals surface area contributed by atoms with E-state index in [9.17, 15) is 9.90 Å². The van der Waals surface area contributed by atoms with Crippen molar-refractivity contribution in [1.82, 2.24) is 4.90 Å². The molecule has 2 aliphatic rings. The fourth-order valence-corrected chi connectivity index (χ4v) is 4.88. The molecule has 1 aromatic heterocycles. The zero-order valence-electron chi connectivity index (χ0n) is 14.9. The zero-order chi connectivity index (χ0) is 17.9. The minimum absolute atomic E-state index is 0.215. The lowest BCUT2D eigenvalue weighted by atomic mass is 9.90. The number of thioether (sulfide) groups is 1. The van der Waals surface area contributed by atoms with Crippen LogP contribution in [-0.4, -0.2) is 53.9 Å². The van der Waals surface area contributed by atoms with Crippen LogP contribution < -0.4 is 10.4 Å². The second-order valence-electron chi connectivity index (χ2n) is 7.06. The highest BCUT2D eigenvalue weighted by molar-refractivity contribution is 7.99. The molecule has 2 heterocycles. The Bertz CT molecular complexity index is 828. The van der Waals surface area contributed by atoms with Crippen LogP contribution in [0.5, 0.6) is 5.75 Å². The molecule has 1 fully saturated rings. The van der Waals surface area contributed by atoms with Crippen molar-refractivity contribution in [1.29, 1.82) is 0 Å². The summed E-state index contributed by atoms with van der Waals surface area (Å²) in [4.78, 5) is 14.5. The minimum Gasteiger partial charge on any atom is -0.490 e. The van der Waals surface area contributed by atoms with E-state index in [0.717, 1.165) is 66.8 Å². The third kappa shape index (κ3) is 3.77. The first-order chi connectivity index (χ1) is 12.7. The standard InChI is InChI=1S/C20H25NO4S/c22-14(12-21-8-10-26-11-9-21)13-24-17-6-3-7-18-19(17)15-4-1-2-5-16(15)20(23)25-18/h3,6-7,14,22H,1-2,4-5,8-13H2. The summed E-state index contributed by atoms with van der Waals surface area (Å²) in [6.45, 7) is 2.93. The second kappa shape index (κ2) is 8.03. The van der Waals surface area contributed by atoms with E-state index in [-0.39, 0.29) is 12.2 Å². The summed E-state index contributed by atoms with van der Waals surface area (Å²) in [6, 6.07) is 5.56. The van der Waals surface area contributed by atoms with Crippen LogP contribution in [0.2, 0.25) is 0 Å². The van der Waals surface area contributed by atoms with Gasteiger partial charge in [-0.3, -0.25) is 4.90 Å². The molecule has 1 atom stereocenters. The summed E-state index contributed by atoms with van der Waals surface area (Å²) in [6.07, 6.45) is 3.23. The predicted octanol–water partition coefficient (Wildman–Crippen LogP) is 2.46. The molecule has 4 rings (SSSR count). The number of benzene rings is 1. The van der Waals surface area contributed by atoms with Crippen LogP contribution in [0.15, 0.2) is 27.4 Å². The maximum Gasteiger partial charge on any atom is 0.339 e. The Morgan fingerprint density at radius 3 is 2.77 bits per heavy atom. The van der Waals surface area contributed by atoms with Gasteiger partial charge < -0.3 is 14.3 Å². The Hall–Kier alpha value is -1.50. The van der Waals surface area contributed by atoms with Gasteiger partial charge in [-0.05, 0) is 43.4 Å². The number of aliphatic hydroxyl groups excluding tert-OH is 1. The molecule has 5 nitrogen and oxygen atoms in total. The van der Waals surface area contributed by atoms with E-state index in [1.807, 2.05) is 30.0 Å². The van der Waals surface area contributed by atoms with Crippen molar-refractivity contribution >= 4 is 22.7 Å². The molecule has 140 valence electrons. The van der Waals surface area contributed by atoms with Crippen molar-refractivity contribution in [2.75, 3.05) is 37.7 Å². The molecule has 26 heavy (non-hydrogen) atoms. The fourth-order valence-electron chi connectivity index (χ4n) is 3.90. The van der Waals surface area contributed by atoms with Crippen LogP contribution in [0.1, 0.15) is 24.0 Å².